The van der Waals surface area contributed by atoms with Gasteiger partial charge in [-0.25, -0.2) is 6.57 Å². The third-order valence-electron chi connectivity index (χ3n) is 3.94. The lowest BCUT2D eigenvalue weighted by atomic mass is 9.75. The summed E-state index contributed by atoms with van der Waals surface area (Å²) >= 11 is 0. The van der Waals surface area contributed by atoms with Crippen molar-refractivity contribution in [1.29, 1.82) is 0 Å². The van der Waals surface area contributed by atoms with Crippen molar-refractivity contribution in [2.45, 2.75) is 65.3 Å². The standard InChI is InChI=1S/C16H25N/c1-13(2)7-6-8-14(3)15-9-11-16(4,17-5)12-10-15/h7-8,15H,6,9-12H2,1-4H3/b14-8+. The summed E-state index contributed by atoms with van der Waals surface area (Å²) in [5.41, 5.74) is 2.84. The maximum Gasteiger partial charge on any atom is 0.230 e. The van der Waals surface area contributed by atoms with Crippen LogP contribution in [-0.2, 0) is 0 Å². The van der Waals surface area contributed by atoms with Gasteiger partial charge in [0.05, 0.1) is 0 Å². The van der Waals surface area contributed by atoms with E-state index in [0.717, 1.165) is 25.2 Å². The van der Waals surface area contributed by atoms with E-state index in [4.69, 9.17) is 6.57 Å². The molecule has 0 heterocycles. The molecule has 0 atom stereocenters. The molecule has 0 aromatic carbocycles. The molecule has 0 N–H and O–H groups in total. The van der Waals surface area contributed by atoms with Gasteiger partial charge in [0.25, 0.3) is 0 Å². The number of allylic oxidation sites excluding steroid dienone is 4. The van der Waals surface area contributed by atoms with Crippen molar-refractivity contribution in [1.82, 2.24) is 0 Å². The zero-order chi connectivity index (χ0) is 12.9. The molecule has 1 aliphatic rings. The molecule has 0 radical (unpaired) electrons. The van der Waals surface area contributed by atoms with Gasteiger partial charge in [0.15, 0.2) is 0 Å². The molecule has 1 rings (SSSR count). The van der Waals surface area contributed by atoms with E-state index in [1.807, 2.05) is 0 Å². The predicted octanol–water partition coefficient (Wildman–Crippen LogP) is 5.16. The molecule has 0 saturated heterocycles. The van der Waals surface area contributed by atoms with Crippen molar-refractivity contribution < 1.29 is 0 Å². The molecule has 17 heavy (non-hydrogen) atoms. The summed E-state index contributed by atoms with van der Waals surface area (Å²) in [6.07, 6.45) is 10.2. The molecule has 94 valence electrons. The topological polar surface area (TPSA) is 4.36 Å². The van der Waals surface area contributed by atoms with Crippen LogP contribution in [-0.4, -0.2) is 5.54 Å². The zero-order valence-electron chi connectivity index (χ0n) is 11.7. The molecule has 0 aromatic rings. The first kappa shape index (κ1) is 14.0. The van der Waals surface area contributed by atoms with Crippen LogP contribution in [0.4, 0.5) is 0 Å². The smallest absolute Gasteiger partial charge is 0.230 e. The van der Waals surface area contributed by atoms with Gasteiger partial charge in [-0.15, -0.1) is 0 Å². The molecule has 0 aliphatic heterocycles. The SMILES string of the molecule is [C-]#[N+]C1(C)CCC(/C(C)=C/CC=C(C)C)CC1. The number of hydrogen-bond donors (Lipinski definition) is 0. The van der Waals surface area contributed by atoms with Crippen LogP contribution in [0.1, 0.15) is 59.8 Å². The van der Waals surface area contributed by atoms with E-state index in [1.165, 1.54) is 24.0 Å². The van der Waals surface area contributed by atoms with Gasteiger partial charge in [-0.2, -0.15) is 0 Å². The van der Waals surface area contributed by atoms with Crippen LogP contribution in [0.2, 0.25) is 0 Å². The molecule has 1 nitrogen and oxygen atoms in total. The summed E-state index contributed by atoms with van der Waals surface area (Å²) in [6.45, 7) is 15.9. The van der Waals surface area contributed by atoms with Crippen molar-refractivity contribution in [3.63, 3.8) is 0 Å². The molecule has 0 spiro atoms. The highest BCUT2D eigenvalue weighted by Gasteiger charge is 2.36. The van der Waals surface area contributed by atoms with E-state index in [2.05, 4.69) is 44.7 Å². The van der Waals surface area contributed by atoms with Gasteiger partial charge >= 0.3 is 0 Å². The van der Waals surface area contributed by atoms with E-state index in [-0.39, 0.29) is 5.54 Å². The third kappa shape index (κ3) is 4.38. The molecule has 0 amide bonds. The highest BCUT2D eigenvalue weighted by atomic mass is 14.8. The lowest BCUT2D eigenvalue weighted by Gasteiger charge is -2.29. The van der Waals surface area contributed by atoms with Gasteiger partial charge in [0, 0.05) is 19.8 Å². The van der Waals surface area contributed by atoms with E-state index in [1.54, 1.807) is 0 Å². The molecular weight excluding hydrogens is 206 g/mol. The van der Waals surface area contributed by atoms with Crippen LogP contribution in [0, 0.1) is 12.5 Å². The van der Waals surface area contributed by atoms with Gasteiger partial charge in [0.1, 0.15) is 0 Å². The highest BCUT2D eigenvalue weighted by Crippen LogP contribution is 2.37. The Morgan fingerprint density at radius 1 is 1.24 bits per heavy atom. The van der Waals surface area contributed by atoms with Crippen LogP contribution in [0.25, 0.3) is 4.85 Å². The average molecular weight is 231 g/mol. The first-order valence-corrected chi connectivity index (χ1v) is 6.65. The Morgan fingerprint density at radius 2 is 1.82 bits per heavy atom. The summed E-state index contributed by atoms with van der Waals surface area (Å²) in [7, 11) is 0. The van der Waals surface area contributed by atoms with E-state index < -0.39 is 0 Å². The van der Waals surface area contributed by atoms with E-state index >= 15 is 0 Å². The van der Waals surface area contributed by atoms with Crippen LogP contribution >= 0.6 is 0 Å². The second-order valence-corrected chi connectivity index (χ2v) is 5.85. The van der Waals surface area contributed by atoms with Crippen molar-refractivity contribution in [3.8, 4) is 0 Å². The van der Waals surface area contributed by atoms with Crippen molar-refractivity contribution in [3.05, 3.63) is 34.7 Å². The van der Waals surface area contributed by atoms with E-state index in [9.17, 15) is 0 Å². The third-order valence-corrected chi connectivity index (χ3v) is 3.94. The Bertz CT molecular complexity index is 342. The number of rotatable bonds is 3. The van der Waals surface area contributed by atoms with Crippen molar-refractivity contribution in [2.75, 3.05) is 0 Å². The summed E-state index contributed by atoms with van der Waals surface area (Å²) in [5.74, 6) is 0.718. The van der Waals surface area contributed by atoms with Gasteiger partial charge in [-0.1, -0.05) is 23.3 Å². The van der Waals surface area contributed by atoms with Crippen LogP contribution in [0.3, 0.4) is 0 Å². The summed E-state index contributed by atoms with van der Waals surface area (Å²) in [5, 5.41) is 0. The fraction of sp³-hybridized carbons (Fsp3) is 0.688. The molecule has 0 unspecified atom stereocenters. The Hall–Kier alpha value is -1.03. The van der Waals surface area contributed by atoms with Gasteiger partial charge in [-0.3, -0.25) is 0 Å². The molecule has 1 aliphatic carbocycles. The summed E-state index contributed by atoms with van der Waals surface area (Å²) in [6, 6.07) is 0. The van der Waals surface area contributed by atoms with Gasteiger partial charge < -0.3 is 4.85 Å². The Morgan fingerprint density at radius 3 is 2.29 bits per heavy atom. The van der Waals surface area contributed by atoms with Gasteiger partial charge in [0.2, 0.25) is 5.54 Å². The van der Waals surface area contributed by atoms with Crippen LogP contribution < -0.4 is 0 Å². The zero-order valence-corrected chi connectivity index (χ0v) is 11.7. The number of nitrogens with zero attached hydrogens (tertiary/aromatic N) is 1. The minimum absolute atomic E-state index is 0.0727. The van der Waals surface area contributed by atoms with Gasteiger partial charge in [-0.05, 0) is 46.0 Å². The Kier molecular flexibility index (Phi) is 5.00. The van der Waals surface area contributed by atoms with Crippen LogP contribution in [0.5, 0.6) is 0 Å². The molecule has 1 heteroatoms. The highest BCUT2D eigenvalue weighted by molar-refractivity contribution is 5.11. The summed E-state index contributed by atoms with van der Waals surface area (Å²) < 4.78 is 0. The minimum atomic E-state index is -0.0727. The quantitative estimate of drug-likeness (QED) is 0.467. The fourth-order valence-corrected chi connectivity index (χ4v) is 2.45. The maximum absolute atomic E-state index is 7.23. The second-order valence-electron chi connectivity index (χ2n) is 5.85. The number of hydrogen-bond acceptors (Lipinski definition) is 0. The second kappa shape index (κ2) is 6.05. The van der Waals surface area contributed by atoms with Crippen molar-refractivity contribution >= 4 is 0 Å². The fourth-order valence-electron chi connectivity index (χ4n) is 2.45. The summed E-state index contributed by atoms with van der Waals surface area (Å²) in [4.78, 5) is 3.78. The average Bonchev–Trinajstić information content (AvgIpc) is 2.29. The lowest BCUT2D eigenvalue weighted by molar-refractivity contribution is 0.311. The van der Waals surface area contributed by atoms with E-state index in [0.29, 0.717) is 0 Å². The monoisotopic (exact) mass is 231 g/mol. The lowest BCUT2D eigenvalue weighted by Crippen LogP contribution is -2.27. The minimum Gasteiger partial charge on any atom is -0.311 e. The first-order valence-electron chi connectivity index (χ1n) is 6.65. The predicted molar refractivity (Wildman–Crippen MR) is 74.8 cm³/mol. The molecular formula is C16H25N. The van der Waals surface area contributed by atoms with Crippen LogP contribution in [0.15, 0.2) is 23.3 Å². The molecule has 1 saturated carbocycles. The van der Waals surface area contributed by atoms with Crippen molar-refractivity contribution in [2.24, 2.45) is 5.92 Å². The molecule has 0 aromatic heterocycles. The largest absolute Gasteiger partial charge is 0.311 e. The first-order chi connectivity index (χ1) is 7.97. The molecule has 1 fully saturated rings. The Balaban J connectivity index is 2.49. The normalized spacial score (nSPS) is 29.6. The maximum atomic E-state index is 7.23. The molecule has 0 bridgehead atoms. The Labute approximate surface area is 106 Å².